The second-order valence-electron chi connectivity index (χ2n) is 3.20. The van der Waals surface area contributed by atoms with Crippen molar-refractivity contribution in [2.24, 2.45) is 0 Å². The Morgan fingerprint density at radius 2 is 2.27 bits per heavy atom. The number of ether oxygens (including phenoxy) is 1. The van der Waals surface area contributed by atoms with E-state index in [1.165, 1.54) is 0 Å². The fourth-order valence-corrected chi connectivity index (χ4v) is 1.52. The van der Waals surface area contributed by atoms with E-state index in [4.69, 9.17) is 4.74 Å². The Balaban J connectivity index is 2.64. The van der Waals surface area contributed by atoms with Gasteiger partial charge in [0.1, 0.15) is 0 Å². The monoisotopic (exact) mass is 271 g/mol. The van der Waals surface area contributed by atoms with E-state index in [9.17, 15) is 4.79 Å². The normalized spacial score (nSPS) is 10.1. The predicted octanol–water partition coefficient (Wildman–Crippen LogP) is 2.73. The SMILES string of the molecule is COCCC(=O)Nc1cccc(Br)c1C. The third kappa shape index (κ3) is 3.64. The zero-order chi connectivity index (χ0) is 11.3. The van der Waals surface area contributed by atoms with E-state index in [1.54, 1.807) is 7.11 Å². The van der Waals surface area contributed by atoms with E-state index < -0.39 is 0 Å². The molecule has 0 atom stereocenters. The van der Waals surface area contributed by atoms with Crippen LogP contribution >= 0.6 is 15.9 Å². The summed E-state index contributed by atoms with van der Waals surface area (Å²) < 4.78 is 5.83. The third-order valence-electron chi connectivity index (χ3n) is 2.08. The van der Waals surface area contributed by atoms with Crippen molar-refractivity contribution in [2.45, 2.75) is 13.3 Å². The van der Waals surface area contributed by atoms with Crippen LogP contribution in [0.2, 0.25) is 0 Å². The van der Waals surface area contributed by atoms with Gasteiger partial charge in [0, 0.05) is 17.3 Å². The van der Waals surface area contributed by atoms with Crippen molar-refractivity contribution in [1.82, 2.24) is 0 Å². The fourth-order valence-electron chi connectivity index (χ4n) is 1.15. The average Bonchev–Trinajstić information content (AvgIpc) is 2.22. The van der Waals surface area contributed by atoms with Gasteiger partial charge in [0.15, 0.2) is 0 Å². The van der Waals surface area contributed by atoms with Crippen LogP contribution in [-0.4, -0.2) is 19.6 Å². The van der Waals surface area contributed by atoms with Crippen molar-refractivity contribution >= 4 is 27.5 Å². The van der Waals surface area contributed by atoms with Gasteiger partial charge in [-0.05, 0) is 24.6 Å². The Morgan fingerprint density at radius 3 is 2.93 bits per heavy atom. The van der Waals surface area contributed by atoms with Crippen molar-refractivity contribution in [1.29, 1.82) is 0 Å². The number of hydrogen-bond donors (Lipinski definition) is 1. The quantitative estimate of drug-likeness (QED) is 0.915. The van der Waals surface area contributed by atoms with Crippen molar-refractivity contribution in [3.8, 4) is 0 Å². The van der Waals surface area contributed by atoms with Crippen LogP contribution in [-0.2, 0) is 9.53 Å². The van der Waals surface area contributed by atoms with E-state index >= 15 is 0 Å². The molecule has 82 valence electrons. The lowest BCUT2D eigenvalue weighted by Crippen LogP contribution is -2.14. The van der Waals surface area contributed by atoms with Crippen LogP contribution < -0.4 is 5.32 Å². The molecule has 1 amide bonds. The summed E-state index contributed by atoms with van der Waals surface area (Å²) in [7, 11) is 1.58. The molecule has 4 heteroatoms. The second-order valence-corrected chi connectivity index (χ2v) is 4.06. The number of carbonyl (C=O) groups excluding carboxylic acids is 1. The summed E-state index contributed by atoms with van der Waals surface area (Å²) in [4.78, 5) is 11.4. The molecule has 1 N–H and O–H groups in total. The molecular weight excluding hydrogens is 258 g/mol. The Bertz CT molecular complexity index is 352. The van der Waals surface area contributed by atoms with Gasteiger partial charge in [0.2, 0.25) is 5.91 Å². The minimum Gasteiger partial charge on any atom is -0.384 e. The number of carbonyl (C=O) groups is 1. The highest BCUT2D eigenvalue weighted by molar-refractivity contribution is 9.10. The zero-order valence-corrected chi connectivity index (χ0v) is 10.4. The Hall–Kier alpha value is -0.870. The first-order valence-corrected chi connectivity index (χ1v) is 5.48. The van der Waals surface area contributed by atoms with Crippen LogP contribution in [0.5, 0.6) is 0 Å². The number of amides is 1. The molecule has 0 aliphatic carbocycles. The summed E-state index contributed by atoms with van der Waals surface area (Å²) >= 11 is 3.41. The highest BCUT2D eigenvalue weighted by Gasteiger charge is 2.05. The van der Waals surface area contributed by atoms with E-state index in [0.29, 0.717) is 13.0 Å². The molecule has 0 saturated heterocycles. The van der Waals surface area contributed by atoms with Crippen molar-refractivity contribution in [3.05, 3.63) is 28.2 Å². The van der Waals surface area contributed by atoms with Gasteiger partial charge in [-0.2, -0.15) is 0 Å². The first-order valence-electron chi connectivity index (χ1n) is 4.69. The minimum atomic E-state index is -0.0296. The van der Waals surface area contributed by atoms with Gasteiger partial charge in [0.05, 0.1) is 13.0 Å². The standard InChI is InChI=1S/C11H14BrNO2/c1-8-9(12)4-3-5-10(8)13-11(14)6-7-15-2/h3-5H,6-7H2,1-2H3,(H,13,14). The van der Waals surface area contributed by atoms with Gasteiger partial charge in [0.25, 0.3) is 0 Å². The zero-order valence-electron chi connectivity index (χ0n) is 8.84. The molecule has 0 aliphatic heterocycles. The van der Waals surface area contributed by atoms with Crippen LogP contribution in [0.3, 0.4) is 0 Å². The van der Waals surface area contributed by atoms with E-state index in [2.05, 4.69) is 21.2 Å². The van der Waals surface area contributed by atoms with Crippen molar-refractivity contribution < 1.29 is 9.53 Å². The minimum absolute atomic E-state index is 0.0296. The summed E-state index contributed by atoms with van der Waals surface area (Å²) in [5.74, 6) is -0.0296. The molecule has 0 radical (unpaired) electrons. The Morgan fingerprint density at radius 1 is 1.53 bits per heavy atom. The molecule has 0 bridgehead atoms. The van der Waals surface area contributed by atoms with Crippen LogP contribution in [0, 0.1) is 6.92 Å². The van der Waals surface area contributed by atoms with Crippen LogP contribution in [0.1, 0.15) is 12.0 Å². The van der Waals surface area contributed by atoms with E-state index in [1.807, 2.05) is 25.1 Å². The fraction of sp³-hybridized carbons (Fsp3) is 0.364. The highest BCUT2D eigenvalue weighted by Crippen LogP contribution is 2.23. The number of benzene rings is 1. The molecule has 0 aliphatic rings. The first kappa shape index (κ1) is 12.2. The van der Waals surface area contributed by atoms with E-state index in [0.717, 1.165) is 15.7 Å². The van der Waals surface area contributed by atoms with Gasteiger partial charge in [-0.25, -0.2) is 0 Å². The Kier molecular flexibility index (Phi) is 4.78. The highest BCUT2D eigenvalue weighted by atomic mass is 79.9. The molecule has 0 unspecified atom stereocenters. The molecule has 3 nitrogen and oxygen atoms in total. The molecule has 0 heterocycles. The molecule has 1 rings (SSSR count). The number of rotatable bonds is 4. The number of halogens is 1. The van der Waals surface area contributed by atoms with Gasteiger partial charge in [-0.15, -0.1) is 0 Å². The maximum Gasteiger partial charge on any atom is 0.226 e. The van der Waals surface area contributed by atoms with Gasteiger partial charge < -0.3 is 10.1 Å². The van der Waals surface area contributed by atoms with Crippen molar-refractivity contribution in [2.75, 3.05) is 19.0 Å². The largest absolute Gasteiger partial charge is 0.384 e. The molecule has 1 aromatic rings. The lowest BCUT2D eigenvalue weighted by molar-refractivity contribution is -0.117. The average molecular weight is 272 g/mol. The second kappa shape index (κ2) is 5.88. The Labute approximate surface area is 97.9 Å². The maximum absolute atomic E-state index is 11.4. The lowest BCUT2D eigenvalue weighted by atomic mass is 10.2. The number of nitrogens with one attached hydrogen (secondary N) is 1. The summed E-state index contributed by atoms with van der Waals surface area (Å²) in [6, 6.07) is 5.72. The van der Waals surface area contributed by atoms with Gasteiger partial charge in [-0.1, -0.05) is 22.0 Å². The molecule has 0 spiro atoms. The summed E-state index contributed by atoms with van der Waals surface area (Å²) in [5.41, 5.74) is 1.87. The predicted molar refractivity (Wildman–Crippen MR) is 64.0 cm³/mol. The first-order chi connectivity index (χ1) is 7.15. The van der Waals surface area contributed by atoms with Crippen LogP contribution in [0.4, 0.5) is 5.69 Å². The number of anilines is 1. The lowest BCUT2D eigenvalue weighted by Gasteiger charge is -2.09. The molecular formula is C11H14BrNO2. The molecule has 0 saturated carbocycles. The van der Waals surface area contributed by atoms with Crippen LogP contribution in [0.25, 0.3) is 0 Å². The van der Waals surface area contributed by atoms with E-state index in [-0.39, 0.29) is 5.91 Å². The molecule has 1 aromatic carbocycles. The van der Waals surface area contributed by atoms with Crippen molar-refractivity contribution in [3.63, 3.8) is 0 Å². The topological polar surface area (TPSA) is 38.3 Å². The number of methoxy groups -OCH3 is 1. The summed E-state index contributed by atoms with van der Waals surface area (Å²) in [6.45, 7) is 2.40. The molecule has 15 heavy (non-hydrogen) atoms. The van der Waals surface area contributed by atoms with Gasteiger partial charge >= 0.3 is 0 Å². The molecule has 0 fully saturated rings. The smallest absolute Gasteiger partial charge is 0.226 e. The number of hydrogen-bond acceptors (Lipinski definition) is 2. The third-order valence-corrected chi connectivity index (χ3v) is 2.93. The molecule has 0 aromatic heterocycles. The van der Waals surface area contributed by atoms with Crippen LogP contribution in [0.15, 0.2) is 22.7 Å². The maximum atomic E-state index is 11.4. The summed E-state index contributed by atoms with van der Waals surface area (Å²) in [6.07, 6.45) is 0.377. The summed E-state index contributed by atoms with van der Waals surface area (Å²) in [5, 5.41) is 2.84. The van der Waals surface area contributed by atoms with Gasteiger partial charge in [-0.3, -0.25) is 4.79 Å².